The first-order valence-electron chi connectivity index (χ1n) is 9.19. The van der Waals surface area contributed by atoms with Crippen LogP contribution in [0.3, 0.4) is 0 Å². The Morgan fingerprint density at radius 1 is 1.00 bits per heavy atom. The molecule has 1 heterocycles. The summed E-state index contributed by atoms with van der Waals surface area (Å²) >= 11 is 0. The number of carboxylic acids is 1. The van der Waals surface area contributed by atoms with Gasteiger partial charge in [0.25, 0.3) is 0 Å². The zero-order valence-corrected chi connectivity index (χ0v) is 13.9. The molecule has 2 aliphatic rings. The predicted octanol–water partition coefficient (Wildman–Crippen LogP) is 4.91. The Hall–Kier alpha value is -1.35. The molecule has 0 amide bonds. The molecule has 3 unspecified atom stereocenters. The quantitative estimate of drug-likeness (QED) is 0.806. The number of carbonyl (C=O) groups is 1. The van der Waals surface area contributed by atoms with E-state index >= 15 is 0 Å². The molecule has 1 N–H and O–H groups in total. The van der Waals surface area contributed by atoms with Gasteiger partial charge in [0.1, 0.15) is 11.5 Å². The fraction of sp³-hybridized carbons (Fsp3) is 0.650. The van der Waals surface area contributed by atoms with Gasteiger partial charge in [0, 0.05) is 0 Å². The molecule has 3 atom stereocenters. The van der Waals surface area contributed by atoms with E-state index in [1.807, 2.05) is 30.3 Å². The zero-order chi connectivity index (χ0) is 16.1. The van der Waals surface area contributed by atoms with Crippen LogP contribution in [0, 0.1) is 0 Å². The number of hydrogen-bond acceptors (Lipinski definition) is 2. The predicted molar refractivity (Wildman–Crippen MR) is 90.6 cm³/mol. The molecular weight excluding hydrogens is 288 g/mol. The van der Waals surface area contributed by atoms with Crippen LogP contribution in [0.15, 0.2) is 30.3 Å². The number of fused-ring (bicyclic) bond motifs is 1. The number of benzene rings is 1. The van der Waals surface area contributed by atoms with Gasteiger partial charge in [0.2, 0.25) is 0 Å². The number of epoxide rings is 1. The van der Waals surface area contributed by atoms with E-state index < -0.39 is 17.5 Å². The zero-order valence-electron chi connectivity index (χ0n) is 13.9. The first-order valence-corrected chi connectivity index (χ1v) is 9.19. The third-order valence-electron chi connectivity index (χ3n) is 5.50. The van der Waals surface area contributed by atoms with Crippen LogP contribution < -0.4 is 0 Å². The molecule has 1 saturated heterocycles. The van der Waals surface area contributed by atoms with Crippen LogP contribution in [0.25, 0.3) is 0 Å². The summed E-state index contributed by atoms with van der Waals surface area (Å²) in [7, 11) is 0. The minimum absolute atomic E-state index is 0.128. The van der Waals surface area contributed by atoms with Gasteiger partial charge in [-0.2, -0.15) is 0 Å². The van der Waals surface area contributed by atoms with Gasteiger partial charge in [-0.1, -0.05) is 81.7 Å². The minimum Gasteiger partial charge on any atom is -0.481 e. The average Bonchev–Trinajstić information content (AvgIpc) is 3.21. The van der Waals surface area contributed by atoms with Crippen molar-refractivity contribution in [3.05, 3.63) is 35.9 Å². The molecule has 3 heteroatoms. The summed E-state index contributed by atoms with van der Waals surface area (Å²) in [5, 5.41) is 9.88. The van der Waals surface area contributed by atoms with Gasteiger partial charge in [0.05, 0.1) is 6.10 Å². The second-order valence-electron chi connectivity index (χ2n) is 7.11. The van der Waals surface area contributed by atoms with Gasteiger partial charge in [-0.15, -0.1) is 0 Å². The maximum atomic E-state index is 12.0. The fourth-order valence-corrected chi connectivity index (χ4v) is 4.22. The molecule has 3 rings (SSSR count). The van der Waals surface area contributed by atoms with Crippen molar-refractivity contribution in [1.82, 2.24) is 0 Å². The van der Waals surface area contributed by atoms with Crippen LogP contribution in [0.1, 0.15) is 75.7 Å². The molecule has 2 fully saturated rings. The molecule has 0 bridgehead atoms. The fourth-order valence-electron chi connectivity index (χ4n) is 4.22. The monoisotopic (exact) mass is 316 g/mol. The lowest BCUT2D eigenvalue weighted by molar-refractivity contribution is -0.140. The van der Waals surface area contributed by atoms with Gasteiger partial charge in [-0.3, -0.25) is 4.79 Å². The molecule has 0 aromatic heterocycles. The number of ether oxygens (including phenoxy) is 1. The third kappa shape index (κ3) is 3.77. The largest absolute Gasteiger partial charge is 0.481 e. The van der Waals surface area contributed by atoms with Gasteiger partial charge >= 0.3 is 5.97 Å². The summed E-state index contributed by atoms with van der Waals surface area (Å²) in [6.07, 6.45) is 11.9. The number of hydrogen-bond donors (Lipinski definition) is 1. The van der Waals surface area contributed by atoms with E-state index in [9.17, 15) is 9.90 Å². The molecule has 1 aliphatic carbocycles. The van der Waals surface area contributed by atoms with Gasteiger partial charge < -0.3 is 9.84 Å². The van der Waals surface area contributed by atoms with Crippen molar-refractivity contribution in [3.8, 4) is 0 Å². The number of rotatable bonds is 3. The highest BCUT2D eigenvalue weighted by Gasteiger charge is 2.62. The topological polar surface area (TPSA) is 49.8 Å². The van der Waals surface area contributed by atoms with Crippen molar-refractivity contribution >= 4 is 5.97 Å². The van der Waals surface area contributed by atoms with Crippen molar-refractivity contribution in [3.63, 3.8) is 0 Å². The van der Waals surface area contributed by atoms with Crippen molar-refractivity contribution in [2.24, 2.45) is 0 Å². The van der Waals surface area contributed by atoms with E-state index in [-0.39, 0.29) is 6.10 Å². The van der Waals surface area contributed by atoms with Crippen molar-refractivity contribution < 1.29 is 14.6 Å². The van der Waals surface area contributed by atoms with Crippen LogP contribution in [0.2, 0.25) is 0 Å². The van der Waals surface area contributed by atoms with E-state index in [2.05, 4.69) is 0 Å². The molecule has 23 heavy (non-hydrogen) atoms. The summed E-state index contributed by atoms with van der Waals surface area (Å²) in [5.74, 6) is -1.28. The lowest BCUT2D eigenvalue weighted by Crippen LogP contribution is -2.32. The lowest BCUT2D eigenvalue weighted by atomic mass is 9.79. The SMILES string of the molecule is O=C(O)C(c1ccccc1)C12CCCCCCCCCCC1O2. The van der Waals surface area contributed by atoms with Gasteiger partial charge in [-0.05, 0) is 18.4 Å². The first-order chi connectivity index (χ1) is 11.2. The maximum Gasteiger partial charge on any atom is 0.314 e. The van der Waals surface area contributed by atoms with Crippen LogP contribution in [-0.2, 0) is 9.53 Å². The highest BCUT2D eigenvalue weighted by molar-refractivity contribution is 5.78. The van der Waals surface area contributed by atoms with Crippen molar-refractivity contribution in [2.45, 2.75) is 81.8 Å². The van der Waals surface area contributed by atoms with Crippen LogP contribution >= 0.6 is 0 Å². The summed E-state index contributed by atoms with van der Waals surface area (Å²) in [6.45, 7) is 0. The Morgan fingerprint density at radius 3 is 2.26 bits per heavy atom. The Kier molecular flexibility index (Phi) is 5.37. The maximum absolute atomic E-state index is 12.0. The van der Waals surface area contributed by atoms with Gasteiger partial charge in [-0.25, -0.2) is 0 Å². The Balaban J connectivity index is 1.79. The Labute approximate surface area is 139 Å². The van der Waals surface area contributed by atoms with E-state index in [0.717, 1.165) is 31.2 Å². The average molecular weight is 316 g/mol. The Morgan fingerprint density at radius 2 is 1.61 bits per heavy atom. The van der Waals surface area contributed by atoms with Gasteiger partial charge in [0.15, 0.2) is 0 Å². The number of aliphatic carboxylic acids is 1. The molecule has 1 saturated carbocycles. The summed E-state index contributed by atoms with van der Waals surface area (Å²) < 4.78 is 6.12. The smallest absolute Gasteiger partial charge is 0.314 e. The molecule has 3 nitrogen and oxygen atoms in total. The summed E-state index contributed by atoms with van der Waals surface area (Å²) in [6, 6.07) is 9.65. The number of carboxylic acid groups (broad SMARTS) is 1. The summed E-state index contributed by atoms with van der Waals surface area (Å²) in [4.78, 5) is 12.0. The normalized spacial score (nSPS) is 30.3. The molecule has 0 spiro atoms. The van der Waals surface area contributed by atoms with Crippen LogP contribution in [-0.4, -0.2) is 22.8 Å². The molecule has 1 aromatic carbocycles. The molecule has 1 aromatic rings. The van der Waals surface area contributed by atoms with E-state index in [4.69, 9.17) is 4.74 Å². The van der Waals surface area contributed by atoms with Crippen LogP contribution in [0.5, 0.6) is 0 Å². The molecule has 0 radical (unpaired) electrons. The third-order valence-corrected chi connectivity index (χ3v) is 5.50. The summed E-state index contributed by atoms with van der Waals surface area (Å²) in [5.41, 5.74) is 0.418. The molecule has 126 valence electrons. The standard InChI is InChI=1S/C20H28O3/c21-19(22)18(16-12-8-7-9-13-16)20-15-11-6-4-2-1-3-5-10-14-17(20)23-20/h7-9,12-13,17-18H,1-6,10-11,14-15H2,(H,21,22). The molecular formula is C20H28O3. The second kappa shape index (κ2) is 7.48. The van der Waals surface area contributed by atoms with E-state index in [1.54, 1.807) is 0 Å². The lowest BCUT2D eigenvalue weighted by Gasteiger charge is -2.22. The second-order valence-corrected chi connectivity index (χ2v) is 7.11. The van der Waals surface area contributed by atoms with Crippen molar-refractivity contribution in [1.29, 1.82) is 0 Å². The van der Waals surface area contributed by atoms with E-state index in [0.29, 0.717) is 0 Å². The van der Waals surface area contributed by atoms with Crippen LogP contribution in [0.4, 0.5) is 0 Å². The highest BCUT2D eigenvalue weighted by atomic mass is 16.6. The van der Waals surface area contributed by atoms with Crippen molar-refractivity contribution in [2.75, 3.05) is 0 Å². The Bertz CT molecular complexity index is 513. The highest BCUT2D eigenvalue weighted by Crippen LogP contribution is 2.53. The van der Waals surface area contributed by atoms with E-state index in [1.165, 1.54) is 38.5 Å². The molecule has 1 aliphatic heterocycles. The minimum atomic E-state index is -0.745. The first kappa shape index (κ1) is 16.5.